The van der Waals surface area contributed by atoms with Crippen molar-refractivity contribution in [3.63, 3.8) is 0 Å². The molecular formula is C56H98N12O8. The van der Waals surface area contributed by atoms with Crippen molar-refractivity contribution in [1.29, 1.82) is 0 Å². The van der Waals surface area contributed by atoms with Crippen LogP contribution in [-0.4, -0.2) is 152 Å². The topological polar surface area (TPSA) is 304 Å². The van der Waals surface area contributed by atoms with E-state index in [1.165, 1.54) is 20.6 Å². The van der Waals surface area contributed by atoms with Crippen LogP contribution in [0.2, 0.25) is 0 Å². The van der Waals surface area contributed by atoms with E-state index in [1.807, 2.05) is 50.3 Å². The first-order valence-corrected chi connectivity index (χ1v) is 26.7. The van der Waals surface area contributed by atoms with Gasteiger partial charge in [-0.1, -0.05) is 64.8 Å². The predicted octanol–water partition coefficient (Wildman–Crippen LogP) is 5.05. The molecule has 20 heteroatoms. The van der Waals surface area contributed by atoms with Crippen molar-refractivity contribution in [2.75, 3.05) is 79.2 Å². The lowest BCUT2D eigenvalue weighted by Gasteiger charge is -2.29. The van der Waals surface area contributed by atoms with Gasteiger partial charge >= 0.3 is 6.09 Å². The number of alkyl carbamates (subject to hydrolysis) is 1. The number of unbranched alkanes of at least 4 members (excludes halogenated alkanes) is 2. The molecule has 2 fully saturated rings. The number of ether oxygens (including phenoxy) is 2. The highest BCUT2D eigenvalue weighted by Crippen LogP contribution is 2.26. The molecule has 0 radical (unpaired) electrons. The fraction of sp³-hybridized carbons (Fsp3) is 0.607. The van der Waals surface area contributed by atoms with Crippen LogP contribution in [0, 0.1) is 11.8 Å². The number of nitrogens with two attached hydrogens (primary N) is 4. The smallest absolute Gasteiger partial charge is 0.407 e. The second-order valence-corrected chi connectivity index (χ2v) is 19.5. The number of nitrogens with one attached hydrogen (secondary N) is 6. The average molecular weight is 1070 g/mol. The summed E-state index contributed by atoms with van der Waals surface area (Å²) in [5, 5.41) is 18.1. The largest absolute Gasteiger partial charge is 0.471 e. The number of amides is 2. The summed E-state index contributed by atoms with van der Waals surface area (Å²) in [6.07, 6.45) is 17.1. The molecule has 6 unspecified atom stereocenters. The summed E-state index contributed by atoms with van der Waals surface area (Å²) in [4.78, 5) is 67.9. The number of carbonyl (C=O) groups excluding carboxylic acids is 6. The Morgan fingerprint density at radius 3 is 1.47 bits per heavy atom. The Morgan fingerprint density at radius 1 is 0.645 bits per heavy atom. The number of rotatable bonds is 28. The molecule has 6 atom stereocenters. The van der Waals surface area contributed by atoms with E-state index < -0.39 is 12.1 Å². The Kier molecular flexibility index (Phi) is 39.9. The van der Waals surface area contributed by atoms with Gasteiger partial charge in [0.2, 0.25) is 5.91 Å². The first kappa shape index (κ1) is 70.1. The molecular weight excluding hydrogens is 969 g/mol. The highest BCUT2D eigenvalue weighted by atomic mass is 16.5. The van der Waals surface area contributed by atoms with Gasteiger partial charge in [-0.25, -0.2) is 4.79 Å². The standard InChI is InChI=1S/C32H48N8O.C8H15NO3.C7H16N2O.C7H15NO.C2H4O2/c1-36-29(7-3-4-18-33)32(41)40-20-6-9-31(40)28(35)22-38-26-16-12-24(13-17-26)23-10-14-25(15-11-23)37-21-27(34)30-8-5-19-39(30)2;1-6(2)4-7(5-10)9-8(11)12-3;1-9-7(6-10)4-2-3-5-8;1-6(2)4-7(5-9)8-3;1-4-2-3/h10-17,21-22,29-31,36-38H,3-9,18-20,33-35H2,1-2H3;5-7H,4H2,1-3H3,(H,9,11);6-7,9H,2-5,8H2,1H3;5-8H,4H2,1-3H3;2H,1H3/b27-21-,28-22-;;;;. The summed E-state index contributed by atoms with van der Waals surface area (Å²) in [5.41, 5.74) is 29.5. The molecule has 0 bridgehead atoms. The van der Waals surface area contributed by atoms with E-state index in [-0.39, 0.29) is 30.1 Å². The number of carbonyl (C=O) groups is 6. The lowest BCUT2D eigenvalue weighted by molar-refractivity contribution is -0.133. The Morgan fingerprint density at radius 2 is 1.09 bits per heavy atom. The molecule has 2 heterocycles. The fourth-order valence-corrected chi connectivity index (χ4v) is 8.24. The predicted molar refractivity (Wildman–Crippen MR) is 308 cm³/mol. The number of likely N-dealkylation sites (N-methyl/N-ethyl adjacent to an activating group) is 4. The van der Waals surface area contributed by atoms with E-state index >= 15 is 0 Å². The van der Waals surface area contributed by atoms with E-state index in [0.29, 0.717) is 43.0 Å². The van der Waals surface area contributed by atoms with Gasteiger partial charge in [0.25, 0.3) is 6.47 Å². The lowest BCUT2D eigenvalue weighted by Crippen LogP contribution is -2.48. The van der Waals surface area contributed by atoms with E-state index in [0.717, 1.165) is 131 Å². The number of methoxy groups -OCH3 is 2. The van der Waals surface area contributed by atoms with Crippen molar-refractivity contribution < 1.29 is 38.2 Å². The maximum Gasteiger partial charge on any atom is 0.407 e. The number of likely N-dealkylation sites (tertiary alicyclic amines) is 2. The number of anilines is 2. The molecule has 2 aromatic rings. The van der Waals surface area contributed by atoms with Crippen LogP contribution in [0.25, 0.3) is 11.1 Å². The molecule has 0 aromatic heterocycles. The number of benzene rings is 2. The Balaban J connectivity index is 0.00000129. The molecule has 2 aliphatic heterocycles. The number of hydrogen-bond donors (Lipinski definition) is 10. The quantitative estimate of drug-likeness (QED) is 0.0394. The third kappa shape index (κ3) is 30.0. The third-order valence-corrected chi connectivity index (χ3v) is 12.6. The maximum atomic E-state index is 13.2. The van der Waals surface area contributed by atoms with E-state index in [9.17, 15) is 24.0 Å². The van der Waals surface area contributed by atoms with Crippen LogP contribution >= 0.6 is 0 Å². The van der Waals surface area contributed by atoms with Crippen molar-refractivity contribution in [2.45, 2.75) is 141 Å². The molecule has 76 heavy (non-hydrogen) atoms. The van der Waals surface area contributed by atoms with Gasteiger partial charge in [-0.15, -0.1) is 0 Å². The third-order valence-electron chi connectivity index (χ3n) is 12.6. The normalized spacial score (nSPS) is 16.8. The highest BCUT2D eigenvalue weighted by molar-refractivity contribution is 5.83. The Labute approximate surface area is 455 Å². The maximum absolute atomic E-state index is 13.2. The summed E-state index contributed by atoms with van der Waals surface area (Å²) in [7, 11) is 10.1. The van der Waals surface area contributed by atoms with Gasteiger partial charge in [0, 0.05) is 41.7 Å². The summed E-state index contributed by atoms with van der Waals surface area (Å²) in [5.74, 6) is 1.08. The van der Waals surface area contributed by atoms with Gasteiger partial charge in [-0.2, -0.15) is 0 Å². The van der Waals surface area contributed by atoms with Gasteiger partial charge < -0.3 is 83.6 Å². The second kappa shape index (κ2) is 43.2. The number of hydrogen-bond acceptors (Lipinski definition) is 18. The highest BCUT2D eigenvalue weighted by Gasteiger charge is 2.33. The minimum absolute atomic E-state index is 0.0200. The first-order valence-electron chi connectivity index (χ1n) is 26.7. The van der Waals surface area contributed by atoms with Gasteiger partial charge in [0.1, 0.15) is 18.9 Å². The van der Waals surface area contributed by atoms with Crippen molar-refractivity contribution >= 4 is 48.7 Å². The van der Waals surface area contributed by atoms with Crippen LogP contribution in [0.15, 0.2) is 72.3 Å². The molecule has 0 spiro atoms. The molecule has 0 aliphatic carbocycles. The number of nitrogens with zero attached hydrogens (tertiary/aromatic N) is 2. The molecule has 2 saturated heterocycles. The molecule has 2 amide bonds. The minimum Gasteiger partial charge on any atom is -0.471 e. The Hall–Kier alpha value is -5.90. The van der Waals surface area contributed by atoms with Crippen molar-refractivity contribution in [2.24, 2.45) is 34.8 Å². The molecule has 2 aromatic carbocycles. The van der Waals surface area contributed by atoms with Crippen molar-refractivity contribution in [3.05, 3.63) is 72.3 Å². The van der Waals surface area contributed by atoms with Crippen LogP contribution in [0.5, 0.6) is 0 Å². The fourth-order valence-electron chi connectivity index (χ4n) is 8.24. The van der Waals surface area contributed by atoms with Crippen molar-refractivity contribution in [3.8, 4) is 11.1 Å². The first-order chi connectivity index (χ1) is 36.5. The van der Waals surface area contributed by atoms with E-state index in [1.54, 1.807) is 14.1 Å². The zero-order chi connectivity index (χ0) is 57.3. The molecule has 2 aliphatic rings. The van der Waals surface area contributed by atoms with Crippen LogP contribution in [0.3, 0.4) is 0 Å². The van der Waals surface area contributed by atoms with Gasteiger partial charge in [0.15, 0.2) is 0 Å². The molecule has 20 nitrogen and oxygen atoms in total. The van der Waals surface area contributed by atoms with Crippen molar-refractivity contribution in [1.82, 2.24) is 31.1 Å². The number of aldehydes is 3. The molecule has 0 saturated carbocycles. The zero-order valence-electron chi connectivity index (χ0n) is 47.5. The molecule has 430 valence electrons. The summed E-state index contributed by atoms with van der Waals surface area (Å²) in [6, 6.07) is 16.3. The van der Waals surface area contributed by atoms with Gasteiger partial charge in [-0.3, -0.25) is 14.5 Å². The monoisotopic (exact) mass is 1070 g/mol. The zero-order valence-corrected chi connectivity index (χ0v) is 47.5. The molecule has 4 rings (SSSR count). The van der Waals surface area contributed by atoms with E-state index in [2.05, 4.69) is 104 Å². The summed E-state index contributed by atoms with van der Waals surface area (Å²) in [6.45, 7) is 11.7. The Bertz CT molecular complexity index is 1940. The van der Waals surface area contributed by atoms with Gasteiger partial charge in [-0.05, 0) is 159 Å². The SMILES string of the molecule is CNC(C=O)CC(C)C.CNC(C=O)CCCCN.CNC(CCCCN)C(=O)N1CCCC1/C(N)=C/Nc1ccc(-c2ccc(N/C=C(\N)C3CCCN3C)cc2)cc1.COC(=O)NC(C=O)CC(C)C.COC=O. The van der Waals surface area contributed by atoms with Crippen LogP contribution in [0.4, 0.5) is 16.2 Å². The lowest BCUT2D eigenvalue weighted by atomic mass is 10.0. The minimum atomic E-state index is -0.562. The van der Waals surface area contributed by atoms with E-state index in [4.69, 9.17) is 27.7 Å². The van der Waals surface area contributed by atoms with Gasteiger partial charge in [0.05, 0.1) is 50.5 Å². The average Bonchev–Trinajstić information content (AvgIpc) is 4.11. The van der Waals surface area contributed by atoms with Crippen LogP contribution in [-0.2, 0) is 33.4 Å². The van der Waals surface area contributed by atoms with Crippen LogP contribution in [0.1, 0.15) is 105 Å². The summed E-state index contributed by atoms with van der Waals surface area (Å²) < 4.78 is 8.22. The molecule has 14 N–H and O–H groups in total. The second-order valence-electron chi connectivity index (χ2n) is 19.5. The van der Waals surface area contributed by atoms with Crippen LogP contribution < -0.4 is 54.8 Å². The summed E-state index contributed by atoms with van der Waals surface area (Å²) >= 11 is 0.